The van der Waals surface area contributed by atoms with Gasteiger partial charge in [0.2, 0.25) is 5.91 Å². The molecule has 3 heteroatoms. The lowest BCUT2D eigenvalue weighted by Crippen LogP contribution is -2.32. The predicted octanol–water partition coefficient (Wildman–Crippen LogP) is 3.11. The van der Waals surface area contributed by atoms with Crippen molar-refractivity contribution in [2.24, 2.45) is 0 Å². The maximum Gasteiger partial charge on any atom is 0.242 e. The third kappa shape index (κ3) is 3.24. The summed E-state index contributed by atoms with van der Waals surface area (Å²) in [5, 5.41) is 2.19. The van der Waals surface area contributed by atoms with Gasteiger partial charge in [0.1, 0.15) is 5.38 Å². The quantitative estimate of drug-likeness (QED) is 0.807. The molecule has 0 aliphatic heterocycles. The molecular formula is C13H18ClNO. The molecule has 0 heterocycles. The molecule has 0 saturated carbocycles. The van der Waals surface area contributed by atoms with Crippen LogP contribution in [0.1, 0.15) is 35.9 Å². The minimum Gasteiger partial charge on any atom is -0.352 e. The Hall–Kier alpha value is -1.02. The number of carbonyl (C=O) groups excluding carboxylic acids is 1. The number of halogens is 1. The predicted molar refractivity (Wildman–Crippen MR) is 67.8 cm³/mol. The van der Waals surface area contributed by atoms with Gasteiger partial charge in [0.25, 0.3) is 0 Å². The zero-order valence-corrected chi connectivity index (χ0v) is 10.9. The first-order chi connectivity index (χ1) is 7.41. The number of hydrogen-bond acceptors (Lipinski definition) is 1. The van der Waals surface area contributed by atoms with E-state index in [0.29, 0.717) is 0 Å². The number of carbonyl (C=O) groups is 1. The molecule has 0 bridgehead atoms. The summed E-state index contributed by atoms with van der Waals surface area (Å²) in [6, 6.07) is 5.97. The van der Waals surface area contributed by atoms with Crippen LogP contribution in [0.25, 0.3) is 0 Å². The maximum atomic E-state index is 11.7. The second-order valence-corrected chi connectivity index (χ2v) is 4.81. The molecule has 0 aliphatic rings. The van der Waals surface area contributed by atoms with Crippen LogP contribution in [0.2, 0.25) is 0 Å². The number of aryl methyl sites for hydroxylation is 2. The van der Waals surface area contributed by atoms with E-state index < -0.39 is 5.38 Å². The van der Waals surface area contributed by atoms with Crippen molar-refractivity contribution >= 4 is 17.5 Å². The highest BCUT2D eigenvalue weighted by atomic mass is 35.5. The van der Waals surface area contributed by atoms with Crippen molar-refractivity contribution in [1.29, 1.82) is 0 Å². The van der Waals surface area contributed by atoms with Gasteiger partial charge in [0.15, 0.2) is 0 Å². The summed E-state index contributed by atoms with van der Waals surface area (Å²) in [7, 11) is 0. The Morgan fingerprint density at radius 3 is 2.38 bits per heavy atom. The van der Waals surface area contributed by atoms with Crippen molar-refractivity contribution in [1.82, 2.24) is 5.32 Å². The van der Waals surface area contributed by atoms with E-state index in [1.54, 1.807) is 0 Å². The summed E-state index contributed by atoms with van der Waals surface area (Å²) in [5.74, 6) is -0.139. The van der Waals surface area contributed by atoms with E-state index in [4.69, 9.17) is 11.6 Å². The Morgan fingerprint density at radius 1 is 1.25 bits per heavy atom. The van der Waals surface area contributed by atoms with Crippen LogP contribution in [0.4, 0.5) is 0 Å². The summed E-state index contributed by atoms with van der Waals surface area (Å²) < 4.78 is 0. The van der Waals surface area contributed by atoms with E-state index >= 15 is 0 Å². The van der Waals surface area contributed by atoms with Crippen LogP contribution >= 0.6 is 11.6 Å². The Bertz CT molecular complexity index is 388. The van der Waals surface area contributed by atoms with E-state index in [0.717, 1.165) is 11.1 Å². The van der Waals surface area contributed by atoms with Crippen LogP contribution in [0, 0.1) is 13.8 Å². The molecule has 1 atom stereocenters. The number of alkyl halides is 1. The summed E-state index contributed by atoms with van der Waals surface area (Å²) in [6.07, 6.45) is 0. The Labute approximate surface area is 102 Å². The lowest BCUT2D eigenvalue weighted by atomic mass is 10.0. The molecule has 1 amide bonds. The first-order valence-corrected chi connectivity index (χ1v) is 5.87. The van der Waals surface area contributed by atoms with Crippen molar-refractivity contribution < 1.29 is 4.79 Å². The third-order valence-corrected chi connectivity index (χ3v) is 2.93. The number of hydrogen-bond donors (Lipinski definition) is 1. The molecule has 1 rings (SSSR count). The first kappa shape index (κ1) is 13.0. The van der Waals surface area contributed by atoms with E-state index in [1.807, 2.05) is 45.9 Å². The van der Waals surface area contributed by atoms with Gasteiger partial charge < -0.3 is 5.32 Å². The molecule has 0 aromatic heterocycles. The molecule has 0 fully saturated rings. The highest BCUT2D eigenvalue weighted by Gasteiger charge is 2.18. The Morgan fingerprint density at radius 2 is 1.88 bits per heavy atom. The van der Waals surface area contributed by atoms with Gasteiger partial charge in [0.05, 0.1) is 0 Å². The summed E-state index contributed by atoms with van der Waals surface area (Å²) in [6.45, 7) is 7.89. The van der Waals surface area contributed by atoms with Crippen molar-refractivity contribution in [2.75, 3.05) is 0 Å². The summed E-state index contributed by atoms with van der Waals surface area (Å²) in [5.41, 5.74) is 3.21. The minimum atomic E-state index is -0.610. The second kappa shape index (κ2) is 5.35. The summed E-state index contributed by atoms with van der Waals surface area (Å²) >= 11 is 6.11. The smallest absolute Gasteiger partial charge is 0.242 e. The fourth-order valence-electron chi connectivity index (χ4n) is 1.43. The van der Waals surface area contributed by atoms with Gasteiger partial charge in [-0.25, -0.2) is 0 Å². The third-order valence-electron chi connectivity index (χ3n) is 2.48. The lowest BCUT2D eigenvalue weighted by Gasteiger charge is -2.14. The molecule has 0 radical (unpaired) electrons. The molecule has 0 spiro atoms. The average molecular weight is 240 g/mol. The fraction of sp³-hybridized carbons (Fsp3) is 0.462. The van der Waals surface area contributed by atoms with Crippen LogP contribution in [0.5, 0.6) is 0 Å². The van der Waals surface area contributed by atoms with E-state index in [2.05, 4.69) is 5.32 Å². The van der Waals surface area contributed by atoms with E-state index in [-0.39, 0.29) is 11.9 Å². The number of benzene rings is 1. The zero-order valence-electron chi connectivity index (χ0n) is 10.2. The van der Waals surface area contributed by atoms with Gasteiger partial charge >= 0.3 is 0 Å². The van der Waals surface area contributed by atoms with Gasteiger partial charge in [-0.1, -0.05) is 18.2 Å². The van der Waals surface area contributed by atoms with Crippen LogP contribution in [0.3, 0.4) is 0 Å². The maximum absolute atomic E-state index is 11.7. The number of nitrogens with one attached hydrogen (secondary N) is 1. The molecule has 1 aromatic rings. The van der Waals surface area contributed by atoms with Crippen molar-refractivity contribution in [3.05, 3.63) is 34.9 Å². The molecule has 16 heavy (non-hydrogen) atoms. The zero-order chi connectivity index (χ0) is 12.3. The highest BCUT2D eigenvalue weighted by molar-refractivity contribution is 6.30. The lowest BCUT2D eigenvalue weighted by molar-refractivity contribution is -0.121. The van der Waals surface area contributed by atoms with Gasteiger partial charge in [-0.05, 0) is 44.4 Å². The van der Waals surface area contributed by atoms with Crippen LogP contribution in [0.15, 0.2) is 18.2 Å². The molecule has 0 aliphatic carbocycles. The largest absolute Gasteiger partial charge is 0.352 e. The average Bonchev–Trinajstić information content (AvgIpc) is 2.20. The number of amides is 1. The van der Waals surface area contributed by atoms with Gasteiger partial charge in [0, 0.05) is 6.04 Å². The molecule has 1 unspecified atom stereocenters. The fourth-order valence-corrected chi connectivity index (χ4v) is 1.63. The molecule has 2 nitrogen and oxygen atoms in total. The molecule has 1 N–H and O–H groups in total. The molecule has 1 aromatic carbocycles. The SMILES string of the molecule is Cc1ccc(C(Cl)C(=O)NC(C)C)cc1C. The van der Waals surface area contributed by atoms with Gasteiger partial charge in [-0.15, -0.1) is 11.6 Å². The Kier molecular flexibility index (Phi) is 4.36. The second-order valence-electron chi connectivity index (χ2n) is 4.37. The topological polar surface area (TPSA) is 29.1 Å². The van der Waals surface area contributed by atoms with E-state index in [9.17, 15) is 4.79 Å². The highest BCUT2D eigenvalue weighted by Crippen LogP contribution is 2.23. The van der Waals surface area contributed by atoms with E-state index in [1.165, 1.54) is 5.56 Å². The Balaban J connectivity index is 2.83. The van der Waals surface area contributed by atoms with Gasteiger partial charge in [-0.3, -0.25) is 4.79 Å². The molecule has 0 saturated heterocycles. The first-order valence-electron chi connectivity index (χ1n) is 5.43. The molecule has 88 valence electrons. The van der Waals surface area contributed by atoms with Crippen LogP contribution < -0.4 is 5.32 Å². The summed E-state index contributed by atoms with van der Waals surface area (Å²) in [4.78, 5) is 11.7. The van der Waals surface area contributed by atoms with Crippen molar-refractivity contribution in [2.45, 2.75) is 39.1 Å². The van der Waals surface area contributed by atoms with Crippen molar-refractivity contribution in [3.63, 3.8) is 0 Å². The molecular weight excluding hydrogens is 222 g/mol. The van der Waals surface area contributed by atoms with Crippen LogP contribution in [-0.2, 0) is 4.79 Å². The van der Waals surface area contributed by atoms with Crippen LogP contribution in [-0.4, -0.2) is 11.9 Å². The van der Waals surface area contributed by atoms with Crippen molar-refractivity contribution in [3.8, 4) is 0 Å². The normalized spacial score (nSPS) is 12.6. The standard InChI is InChI=1S/C13H18ClNO/c1-8(2)15-13(16)12(14)11-6-5-9(3)10(4)7-11/h5-8,12H,1-4H3,(H,15,16). The van der Waals surface area contributed by atoms with Gasteiger partial charge in [-0.2, -0.15) is 0 Å². The number of rotatable bonds is 3. The minimum absolute atomic E-state index is 0.111. The monoisotopic (exact) mass is 239 g/mol.